The van der Waals surface area contributed by atoms with Gasteiger partial charge in [-0.25, -0.2) is 10.2 Å². The highest BCUT2D eigenvalue weighted by Gasteiger charge is 2.43. The van der Waals surface area contributed by atoms with Crippen molar-refractivity contribution in [2.24, 2.45) is 11.0 Å². The van der Waals surface area contributed by atoms with E-state index in [-0.39, 0.29) is 28.7 Å². The van der Waals surface area contributed by atoms with Crippen molar-refractivity contribution in [3.05, 3.63) is 70.8 Å². The summed E-state index contributed by atoms with van der Waals surface area (Å²) in [5.74, 6) is -0.846. The number of carbonyl (C=O) groups is 2. The van der Waals surface area contributed by atoms with E-state index in [1.807, 2.05) is 0 Å². The van der Waals surface area contributed by atoms with Crippen LogP contribution in [0.4, 0.5) is 0 Å². The SMILES string of the molecule is CC(C)(C)c1ccc(C2CC2C(=O)NN=Cc2ccc(C(=O)O)cc2)cc1. The van der Waals surface area contributed by atoms with Gasteiger partial charge in [0.1, 0.15) is 0 Å². The number of hydrogen-bond acceptors (Lipinski definition) is 3. The van der Waals surface area contributed by atoms with E-state index >= 15 is 0 Å². The van der Waals surface area contributed by atoms with E-state index in [2.05, 4.69) is 55.6 Å². The fourth-order valence-corrected chi connectivity index (χ4v) is 3.05. The van der Waals surface area contributed by atoms with Crippen LogP contribution in [0.2, 0.25) is 0 Å². The molecule has 2 N–H and O–H groups in total. The zero-order valence-corrected chi connectivity index (χ0v) is 15.8. The van der Waals surface area contributed by atoms with Gasteiger partial charge in [0.25, 0.3) is 0 Å². The largest absolute Gasteiger partial charge is 0.478 e. The number of carboxylic acids is 1. The third-order valence-electron chi connectivity index (χ3n) is 4.88. The van der Waals surface area contributed by atoms with Gasteiger partial charge in [-0.05, 0) is 46.6 Å². The first-order valence-electron chi connectivity index (χ1n) is 9.02. The molecule has 0 bridgehead atoms. The Morgan fingerprint density at radius 2 is 1.70 bits per heavy atom. The number of carbonyl (C=O) groups excluding carboxylic acids is 1. The van der Waals surface area contributed by atoms with Crippen LogP contribution < -0.4 is 5.43 Å². The molecule has 0 aliphatic heterocycles. The van der Waals surface area contributed by atoms with E-state index in [0.717, 1.165) is 12.0 Å². The number of amides is 1. The minimum Gasteiger partial charge on any atom is -0.478 e. The number of hydrogen-bond donors (Lipinski definition) is 2. The van der Waals surface area contributed by atoms with Gasteiger partial charge in [-0.2, -0.15) is 5.10 Å². The summed E-state index contributed by atoms with van der Waals surface area (Å²) >= 11 is 0. The predicted molar refractivity (Wildman–Crippen MR) is 105 cm³/mol. The molecule has 0 heterocycles. The van der Waals surface area contributed by atoms with Gasteiger partial charge >= 0.3 is 5.97 Å². The first-order chi connectivity index (χ1) is 12.8. The highest BCUT2D eigenvalue weighted by Crippen LogP contribution is 2.47. The monoisotopic (exact) mass is 364 g/mol. The maximum Gasteiger partial charge on any atom is 0.335 e. The van der Waals surface area contributed by atoms with Crippen LogP contribution in [0.15, 0.2) is 53.6 Å². The molecule has 1 fully saturated rings. The molecule has 5 heteroatoms. The van der Waals surface area contributed by atoms with E-state index < -0.39 is 5.97 Å². The van der Waals surface area contributed by atoms with Gasteiger partial charge in [0.05, 0.1) is 11.8 Å². The molecule has 0 saturated heterocycles. The average Bonchev–Trinajstić information content (AvgIpc) is 3.42. The quantitative estimate of drug-likeness (QED) is 0.623. The summed E-state index contributed by atoms with van der Waals surface area (Å²) in [5, 5.41) is 12.9. The van der Waals surface area contributed by atoms with Gasteiger partial charge < -0.3 is 5.11 Å². The van der Waals surface area contributed by atoms with E-state index in [4.69, 9.17) is 5.11 Å². The lowest BCUT2D eigenvalue weighted by atomic mass is 9.86. The molecule has 2 unspecified atom stereocenters. The normalized spacial score (nSPS) is 19.1. The third kappa shape index (κ3) is 4.61. The van der Waals surface area contributed by atoms with Crippen molar-refractivity contribution in [3.63, 3.8) is 0 Å². The molecular formula is C22H24N2O3. The standard InChI is InChI=1S/C22H24N2O3/c1-22(2,3)17-10-8-15(9-11-17)18-12-19(18)20(25)24-23-13-14-4-6-16(7-5-14)21(26)27/h4-11,13,18-19H,12H2,1-3H3,(H,24,25)(H,26,27). The van der Waals surface area contributed by atoms with Crippen LogP contribution in [0, 0.1) is 5.92 Å². The Kier molecular flexibility index (Phi) is 5.13. The van der Waals surface area contributed by atoms with E-state index in [9.17, 15) is 9.59 Å². The summed E-state index contributed by atoms with van der Waals surface area (Å²) < 4.78 is 0. The number of benzene rings is 2. The van der Waals surface area contributed by atoms with Crippen LogP contribution >= 0.6 is 0 Å². The maximum absolute atomic E-state index is 12.2. The summed E-state index contributed by atoms with van der Waals surface area (Å²) in [7, 11) is 0. The summed E-state index contributed by atoms with van der Waals surface area (Å²) in [5.41, 5.74) is 6.12. The van der Waals surface area contributed by atoms with Crippen molar-refractivity contribution in [2.75, 3.05) is 0 Å². The van der Waals surface area contributed by atoms with Crippen LogP contribution in [0.1, 0.15) is 60.2 Å². The lowest BCUT2D eigenvalue weighted by Gasteiger charge is -2.19. The van der Waals surface area contributed by atoms with Crippen molar-refractivity contribution in [3.8, 4) is 0 Å². The zero-order valence-electron chi connectivity index (χ0n) is 15.8. The maximum atomic E-state index is 12.2. The Balaban J connectivity index is 1.53. The zero-order chi connectivity index (χ0) is 19.6. The molecule has 1 aliphatic rings. The number of rotatable bonds is 5. The molecule has 0 spiro atoms. The van der Waals surface area contributed by atoms with Gasteiger partial charge in [-0.3, -0.25) is 4.79 Å². The fourth-order valence-electron chi connectivity index (χ4n) is 3.05. The molecule has 1 aliphatic carbocycles. The summed E-state index contributed by atoms with van der Waals surface area (Å²) in [6, 6.07) is 14.8. The molecule has 2 aromatic carbocycles. The molecule has 27 heavy (non-hydrogen) atoms. The van der Waals surface area contributed by atoms with Gasteiger partial charge in [-0.1, -0.05) is 57.2 Å². The van der Waals surface area contributed by atoms with E-state index in [1.165, 1.54) is 29.5 Å². The second-order valence-corrected chi connectivity index (χ2v) is 7.98. The van der Waals surface area contributed by atoms with Crippen LogP contribution in [-0.2, 0) is 10.2 Å². The summed E-state index contributed by atoms with van der Waals surface area (Å²) in [4.78, 5) is 23.1. The number of aromatic carboxylic acids is 1. The number of carboxylic acid groups (broad SMARTS) is 1. The molecule has 140 valence electrons. The molecule has 2 atom stereocenters. The number of nitrogens with zero attached hydrogens (tertiary/aromatic N) is 1. The topological polar surface area (TPSA) is 78.8 Å². The van der Waals surface area contributed by atoms with Crippen molar-refractivity contribution in [1.29, 1.82) is 0 Å². The second-order valence-electron chi connectivity index (χ2n) is 7.98. The van der Waals surface area contributed by atoms with Crippen molar-refractivity contribution >= 4 is 18.1 Å². The smallest absolute Gasteiger partial charge is 0.335 e. The van der Waals surface area contributed by atoms with Crippen LogP contribution in [0.5, 0.6) is 0 Å². The molecule has 2 aromatic rings. The lowest BCUT2D eigenvalue weighted by Crippen LogP contribution is -2.20. The van der Waals surface area contributed by atoms with Crippen LogP contribution in [0.3, 0.4) is 0 Å². The molecule has 0 aromatic heterocycles. The van der Waals surface area contributed by atoms with Gasteiger partial charge in [-0.15, -0.1) is 0 Å². The predicted octanol–water partition coefficient (Wildman–Crippen LogP) is 3.94. The van der Waals surface area contributed by atoms with Crippen molar-refractivity contribution in [1.82, 2.24) is 5.43 Å². The van der Waals surface area contributed by atoms with Crippen LogP contribution in [0.25, 0.3) is 0 Å². The minimum absolute atomic E-state index is 0.0444. The molecule has 5 nitrogen and oxygen atoms in total. The van der Waals surface area contributed by atoms with Crippen molar-refractivity contribution < 1.29 is 14.7 Å². The van der Waals surface area contributed by atoms with Crippen molar-refractivity contribution in [2.45, 2.75) is 38.5 Å². The van der Waals surface area contributed by atoms with E-state index in [1.54, 1.807) is 12.1 Å². The highest BCUT2D eigenvalue weighted by atomic mass is 16.4. The van der Waals surface area contributed by atoms with Gasteiger partial charge in [0.15, 0.2) is 0 Å². The summed E-state index contributed by atoms with van der Waals surface area (Å²) in [6.07, 6.45) is 2.35. The minimum atomic E-state index is -0.970. The number of nitrogens with one attached hydrogen (secondary N) is 1. The Labute approximate surface area is 159 Å². The first kappa shape index (κ1) is 18.8. The molecule has 1 saturated carbocycles. The Morgan fingerprint density at radius 3 is 2.26 bits per heavy atom. The van der Waals surface area contributed by atoms with E-state index in [0.29, 0.717) is 0 Å². The molecule has 3 rings (SSSR count). The Hall–Kier alpha value is -2.95. The number of hydrazone groups is 1. The highest BCUT2D eigenvalue weighted by molar-refractivity contribution is 5.89. The Bertz CT molecular complexity index is 862. The second kappa shape index (κ2) is 7.35. The molecule has 0 radical (unpaired) electrons. The Morgan fingerprint density at radius 1 is 1.07 bits per heavy atom. The summed E-state index contributed by atoms with van der Waals surface area (Å²) in [6.45, 7) is 6.55. The van der Waals surface area contributed by atoms with Gasteiger partial charge in [0.2, 0.25) is 5.91 Å². The fraction of sp³-hybridized carbons (Fsp3) is 0.318. The van der Waals surface area contributed by atoms with Gasteiger partial charge in [0, 0.05) is 5.92 Å². The third-order valence-corrected chi connectivity index (χ3v) is 4.88. The lowest BCUT2D eigenvalue weighted by molar-refractivity contribution is -0.122. The average molecular weight is 364 g/mol. The van der Waals surface area contributed by atoms with Crippen LogP contribution in [-0.4, -0.2) is 23.2 Å². The molecular weight excluding hydrogens is 340 g/mol. The first-order valence-corrected chi connectivity index (χ1v) is 9.02. The molecule has 1 amide bonds.